The third-order valence-corrected chi connectivity index (χ3v) is 3.71. The third kappa shape index (κ3) is 3.22. The van der Waals surface area contributed by atoms with Gasteiger partial charge in [-0.2, -0.15) is 0 Å². The van der Waals surface area contributed by atoms with Crippen LogP contribution in [0.15, 0.2) is 18.2 Å². The van der Waals surface area contributed by atoms with Gasteiger partial charge in [-0.1, -0.05) is 11.6 Å². The summed E-state index contributed by atoms with van der Waals surface area (Å²) in [6, 6.07) is 4.59. The van der Waals surface area contributed by atoms with Gasteiger partial charge in [-0.3, -0.25) is 4.79 Å². The largest absolute Gasteiger partial charge is 0.496 e. The van der Waals surface area contributed by atoms with Gasteiger partial charge in [0.05, 0.1) is 32.7 Å². The Balaban J connectivity index is 2.13. The van der Waals surface area contributed by atoms with Gasteiger partial charge in [0, 0.05) is 17.0 Å². The molecular weight excluding hydrogens is 285 g/mol. The highest BCUT2D eigenvalue weighted by atomic mass is 35.5. The Morgan fingerprint density at radius 3 is 3.00 bits per heavy atom. The van der Waals surface area contributed by atoms with Crippen LogP contribution in [0.5, 0.6) is 5.75 Å². The quantitative estimate of drug-likeness (QED) is 0.923. The zero-order valence-electron chi connectivity index (χ0n) is 11.2. The van der Waals surface area contributed by atoms with Crippen molar-refractivity contribution in [1.29, 1.82) is 0 Å². The first-order chi connectivity index (χ1) is 9.55. The van der Waals surface area contributed by atoms with Gasteiger partial charge in [-0.25, -0.2) is 4.39 Å². The molecule has 0 bridgehead atoms. The van der Waals surface area contributed by atoms with Crippen LogP contribution in [0.3, 0.4) is 0 Å². The molecule has 0 aromatic heterocycles. The van der Waals surface area contributed by atoms with Crippen LogP contribution >= 0.6 is 11.6 Å². The van der Waals surface area contributed by atoms with Crippen molar-refractivity contribution in [3.63, 3.8) is 0 Å². The maximum atomic E-state index is 13.4. The van der Waals surface area contributed by atoms with Crippen LogP contribution in [0.2, 0.25) is 5.02 Å². The zero-order valence-corrected chi connectivity index (χ0v) is 11.9. The lowest BCUT2D eigenvalue weighted by atomic mass is 10.1. The van der Waals surface area contributed by atoms with E-state index < -0.39 is 12.2 Å². The minimum absolute atomic E-state index is 0.0347. The number of aliphatic hydroxyl groups excluding tert-OH is 1. The van der Waals surface area contributed by atoms with Crippen LogP contribution in [0, 0.1) is 0 Å². The fourth-order valence-electron chi connectivity index (χ4n) is 2.49. The normalized spacial score (nSPS) is 22.1. The molecule has 2 rings (SSSR count). The number of amides is 1. The molecule has 1 aliphatic rings. The Kier molecular flexibility index (Phi) is 4.83. The summed E-state index contributed by atoms with van der Waals surface area (Å²) in [5.41, 5.74) is 0.656. The van der Waals surface area contributed by atoms with Crippen molar-refractivity contribution in [2.45, 2.75) is 25.1 Å². The van der Waals surface area contributed by atoms with Crippen LogP contribution in [-0.2, 0) is 11.2 Å². The maximum Gasteiger partial charge on any atom is 0.227 e. The number of likely N-dealkylation sites (tertiary alicyclic amines) is 1. The van der Waals surface area contributed by atoms with Crippen molar-refractivity contribution in [3.8, 4) is 5.75 Å². The zero-order chi connectivity index (χ0) is 14.7. The van der Waals surface area contributed by atoms with Crippen LogP contribution in [0.4, 0.5) is 4.39 Å². The summed E-state index contributed by atoms with van der Waals surface area (Å²) in [6.45, 7) is -0.189. The van der Waals surface area contributed by atoms with Crippen molar-refractivity contribution in [1.82, 2.24) is 4.90 Å². The number of halogens is 2. The molecule has 1 saturated heterocycles. The van der Waals surface area contributed by atoms with E-state index >= 15 is 0 Å². The molecular formula is C14H17ClFNO3. The first-order valence-electron chi connectivity index (χ1n) is 6.42. The van der Waals surface area contributed by atoms with Crippen LogP contribution < -0.4 is 4.74 Å². The first kappa shape index (κ1) is 15.1. The SMILES string of the molecule is COc1ccc(Cl)cc1CC(=O)N1C[C@@H](F)C[C@H]1CO. The maximum absolute atomic E-state index is 13.4. The van der Waals surface area contributed by atoms with E-state index in [1.807, 2.05) is 0 Å². The first-order valence-corrected chi connectivity index (χ1v) is 6.79. The third-order valence-electron chi connectivity index (χ3n) is 3.48. The Bertz CT molecular complexity index is 497. The van der Waals surface area contributed by atoms with E-state index in [0.29, 0.717) is 16.3 Å². The van der Waals surface area contributed by atoms with Gasteiger partial charge in [0.25, 0.3) is 0 Å². The van der Waals surface area contributed by atoms with Gasteiger partial charge >= 0.3 is 0 Å². The monoisotopic (exact) mass is 301 g/mol. The molecule has 1 N–H and O–H groups in total. The average Bonchev–Trinajstić information content (AvgIpc) is 2.80. The van der Waals surface area contributed by atoms with Crippen molar-refractivity contribution in [3.05, 3.63) is 28.8 Å². The van der Waals surface area contributed by atoms with Crippen LogP contribution in [0.25, 0.3) is 0 Å². The molecule has 0 saturated carbocycles. The van der Waals surface area contributed by atoms with Gasteiger partial charge in [0.15, 0.2) is 0 Å². The van der Waals surface area contributed by atoms with Gasteiger partial charge < -0.3 is 14.7 Å². The van der Waals surface area contributed by atoms with Crippen LogP contribution in [-0.4, -0.2) is 48.4 Å². The Hall–Kier alpha value is -1.33. The van der Waals surface area contributed by atoms with Gasteiger partial charge in [0.2, 0.25) is 5.91 Å². The number of ether oxygens (including phenoxy) is 1. The fourth-order valence-corrected chi connectivity index (χ4v) is 2.68. The van der Waals surface area contributed by atoms with Gasteiger partial charge in [-0.05, 0) is 18.2 Å². The molecule has 20 heavy (non-hydrogen) atoms. The second kappa shape index (κ2) is 6.41. The molecule has 0 radical (unpaired) electrons. The molecule has 1 amide bonds. The number of carbonyl (C=O) groups excluding carboxylic acids is 1. The summed E-state index contributed by atoms with van der Waals surface area (Å²) in [4.78, 5) is 13.7. The summed E-state index contributed by atoms with van der Waals surface area (Å²) in [6.07, 6.45) is -0.806. The highest BCUT2D eigenvalue weighted by Crippen LogP contribution is 2.26. The second-order valence-electron chi connectivity index (χ2n) is 4.85. The van der Waals surface area contributed by atoms with E-state index in [2.05, 4.69) is 0 Å². The molecule has 0 unspecified atom stereocenters. The van der Waals surface area contributed by atoms with E-state index in [1.165, 1.54) is 12.0 Å². The lowest BCUT2D eigenvalue weighted by molar-refractivity contribution is -0.132. The van der Waals surface area contributed by atoms with E-state index in [9.17, 15) is 14.3 Å². The Morgan fingerprint density at radius 2 is 2.35 bits per heavy atom. The van der Waals surface area contributed by atoms with Gasteiger partial charge in [0.1, 0.15) is 11.9 Å². The number of hydrogen-bond donors (Lipinski definition) is 1. The summed E-state index contributed by atoms with van der Waals surface area (Å²) >= 11 is 5.92. The number of rotatable bonds is 4. The predicted octanol–water partition coefficient (Wildman–Crippen LogP) is 1.82. The molecule has 1 aromatic carbocycles. The molecule has 1 aliphatic heterocycles. The molecule has 1 aromatic rings. The minimum atomic E-state index is -1.07. The lowest BCUT2D eigenvalue weighted by Gasteiger charge is -2.23. The van der Waals surface area contributed by atoms with Crippen LogP contribution in [0.1, 0.15) is 12.0 Å². The molecule has 2 atom stereocenters. The minimum Gasteiger partial charge on any atom is -0.496 e. The molecule has 1 fully saturated rings. The summed E-state index contributed by atoms with van der Waals surface area (Å²) in [5.74, 6) is 0.337. The van der Waals surface area contributed by atoms with E-state index in [1.54, 1.807) is 18.2 Å². The van der Waals surface area contributed by atoms with Crippen molar-refractivity contribution >= 4 is 17.5 Å². The molecule has 4 nitrogen and oxygen atoms in total. The highest BCUT2D eigenvalue weighted by molar-refractivity contribution is 6.30. The highest BCUT2D eigenvalue weighted by Gasteiger charge is 2.34. The fraction of sp³-hybridized carbons (Fsp3) is 0.500. The molecule has 0 aliphatic carbocycles. The molecule has 0 spiro atoms. The number of methoxy groups -OCH3 is 1. The van der Waals surface area contributed by atoms with Gasteiger partial charge in [-0.15, -0.1) is 0 Å². The standard InChI is InChI=1S/C14H17ClFNO3/c1-20-13-3-2-10(15)4-9(13)5-14(19)17-7-11(16)6-12(17)8-18/h2-4,11-12,18H,5-8H2,1H3/t11-,12-/m0/s1. The summed E-state index contributed by atoms with van der Waals surface area (Å²) in [7, 11) is 1.52. The smallest absolute Gasteiger partial charge is 0.227 e. The average molecular weight is 302 g/mol. The Labute approximate surface area is 122 Å². The Morgan fingerprint density at radius 1 is 1.60 bits per heavy atom. The summed E-state index contributed by atoms with van der Waals surface area (Å²) in [5, 5.41) is 9.72. The summed E-state index contributed by atoms with van der Waals surface area (Å²) < 4.78 is 18.6. The molecule has 1 heterocycles. The van der Waals surface area contributed by atoms with Crippen molar-refractivity contribution in [2.75, 3.05) is 20.3 Å². The van der Waals surface area contributed by atoms with Crippen molar-refractivity contribution in [2.24, 2.45) is 0 Å². The topological polar surface area (TPSA) is 49.8 Å². The number of carbonyl (C=O) groups is 1. The number of hydrogen-bond acceptors (Lipinski definition) is 3. The number of benzene rings is 1. The van der Waals surface area contributed by atoms with E-state index in [-0.39, 0.29) is 31.9 Å². The predicted molar refractivity (Wildman–Crippen MR) is 73.8 cm³/mol. The molecule has 110 valence electrons. The second-order valence-corrected chi connectivity index (χ2v) is 5.28. The number of aliphatic hydroxyl groups is 1. The van der Waals surface area contributed by atoms with E-state index in [4.69, 9.17) is 16.3 Å². The lowest BCUT2D eigenvalue weighted by Crippen LogP contribution is -2.38. The van der Waals surface area contributed by atoms with Crippen molar-refractivity contribution < 1.29 is 19.0 Å². The number of alkyl halides is 1. The number of nitrogens with zero attached hydrogens (tertiary/aromatic N) is 1. The van der Waals surface area contributed by atoms with E-state index in [0.717, 1.165) is 0 Å². The molecule has 6 heteroatoms.